The summed E-state index contributed by atoms with van der Waals surface area (Å²) in [4.78, 5) is 0. The number of hydrogen-bond donors (Lipinski definition) is 1. The highest BCUT2D eigenvalue weighted by atomic mass is 19.4. The Morgan fingerprint density at radius 3 is 2.29 bits per heavy atom. The van der Waals surface area contributed by atoms with Crippen LogP contribution >= 0.6 is 0 Å². The summed E-state index contributed by atoms with van der Waals surface area (Å²) in [5, 5.41) is 9.51. The Kier molecular flexibility index (Phi) is 2.85. The maximum absolute atomic E-state index is 12.4. The van der Waals surface area contributed by atoms with Crippen LogP contribution < -0.4 is 0 Å². The molecule has 1 aliphatic heterocycles. The molecule has 0 fully saturated rings. The lowest BCUT2D eigenvalue weighted by Crippen LogP contribution is -2.40. The van der Waals surface area contributed by atoms with Crippen molar-refractivity contribution in [3.63, 3.8) is 0 Å². The first-order valence-electron chi connectivity index (χ1n) is 5.44. The van der Waals surface area contributed by atoms with E-state index in [0.717, 1.165) is 18.6 Å². The van der Waals surface area contributed by atoms with Crippen molar-refractivity contribution in [2.24, 2.45) is 0 Å². The van der Waals surface area contributed by atoms with E-state index in [1.54, 1.807) is 4.58 Å². The van der Waals surface area contributed by atoms with Gasteiger partial charge < -0.3 is 5.11 Å². The zero-order valence-electron chi connectivity index (χ0n) is 9.33. The average Bonchev–Trinajstić information content (AvgIpc) is 2.25. The van der Waals surface area contributed by atoms with E-state index in [0.29, 0.717) is 12.1 Å². The number of rotatable bonds is 2. The van der Waals surface area contributed by atoms with Gasteiger partial charge in [-0.2, -0.15) is 17.7 Å². The topological polar surface area (TPSA) is 23.2 Å². The Morgan fingerprint density at radius 2 is 1.88 bits per heavy atom. The monoisotopic (exact) mass is 244 g/mol. The molecule has 1 aromatic rings. The second-order valence-electron chi connectivity index (χ2n) is 4.10. The predicted molar refractivity (Wildman–Crippen MR) is 57.7 cm³/mol. The zero-order chi connectivity index (χ0) is 12.6. The molecule has 1 aliphatic rings. The molecule has 0 unspecified atom stereocenters. The molecule has 0 radical (unpaired) electrons. The third-order valence-electron chi connectivity index (χ3n) is 3.01. The summed E-state index contributed by atoms with van der Waals surface area (Å²) >= 11 is 0. The van der Waals surface area contributed by atoms with Crippen molar-refractivity contribution in [2.75, 3.05) is 0 Å². The van der Waals surface area contributed by atoms with Crippen LogP contribution in [-0.2, 0) is 6.18 Å². The van der Waals surface area contributed by atoms with E-state index in [-0.39, 0.29) is 11.9 Å². The van der Waals surface area contributed by atoms with Crippen molar-refractivity contribution < 1.29 is 22.9 Å². The van der Waals surface area contributed by atoms with Crippen LogP contribution in [0.1, 0.15) is 25.3 Å². The van der Waals surface area contributed by atoms with Gasteiger partial charge in [0.05, 0.1) is 5.56 Å². The normalized spacial score (nSPS) is 20.4. The van der Waals surface area contributed by atoms with E-state index >= 15 is 0 Å². The van der Waals surface area contributed by atoms with Gasteiger partial charge in [0.2, 0.25) is 5.69 Å². The lowest BCUT2D eigenvalue weighted by Gasteiger charge is -2.21. The molecule has 0 spiro atoms. The first-order valence-corrected chi connectivity index (χ1v) is 5.44. The van der Waals surface area contributed by atoms with E-state index in [1.165, 1.54) is 12.1 Å². The Hall–Kier alpha value is -1.52. The van der Waals surface area contributed by atoms with Gasteiger partial charge in [0.25, 0.3) is 0 Å². The quantitative estimate of drug-likeness (QED) is 0.791. The maximum Gasteiger partial charge on any atom is 0.416 e. The number of hydrogen-bond acceptors (Lipinski definition) is 0. The van der Waals surface area contributed by atoms with Crippen LogP contribution in [-0.4, -0.2) is 21.6 Å². The van der Waals surface area contributed by atoms with E-state index < -0.39 is 11.7 Å². The molecule has 0 amide bonds. The molecule has 1 atom stereocenters. The average molecular weight is 244 g/mol. The zero-order valence-corrected chi connectivity index (χ0v) is 9.33. The fraction of sp³-hybridized carbons (Fsp3) is 0.417. The molecule has 0 saturated heterocycles. The van der Waals surface area contributed by atoms with Gasteiger partial charge in [-0.05, 0) is 12.1 Å². The third-order valence-corrected chi connectivity index (χ3v) is 3.01. The molecule has 0 aromatic heterocycles. The van der Waals surface area contributed by atoms with Crippen LogP contribution in [0.5, 0.6) is 0 Å². The number of halogens is 3. The molecule has 0 bridgehead atoms. The molecule has 92 valence electrons. The number of aliphatic hydroxyl groups is 1. The summed E-state index contributed by atoms with van der Waals surface area (Å²) in [6.45, 7) is 1.98. The van der Waals surface area contributed by atoms with Gasteiger partial charge in [-0.1, -0.05) is 6.92 Å². The smallest absolute Gasteiger partial charge is 0.416 e. The first-order chi connectivity index (χ1) is 7.93. The molecule has 5 heteroatoms. The van der Waals surface area contributed by atoms with Crippen LogP contribution in [0.4, 0.5) is 18.9 Å². The molecule has 0 saturated carbocycles. The summed E-state index contributed by atoms with van der Waals surface area (Å²) in [5.74, 6) is 0.219. The lowest BCUT2D eigenvalue weighted by atomic mass is 10.0. The Morgan fingerprint density at radius 1 is 1.29 bits per heavy atom. The van der Waals surface area contributed by atoms with Crippen molar-refractivity contribution in [3.8, 4) is 0 Å². The van der Waals surface area contributed by atoms with Crippen molar-refractivity contribution >= 4 is 11.6 Å². The van der Waals surface area contributed by atoms with E-state index in [9.17, 15) is 18.3 Å². The SMILES string of the molecule is CC[C@@H]1CC(O)=[N+]1c1ccc(C(F)(F)F)cc1. The number of aliphatic hydroxyl groups excluding tert-OH is 1. The van der Waals surface area contributed by atoms with Gasteiger partial charge in [0.1, 0.15) is 6.42 Å². The fourth-order valence-corrected chi connectivity index (χ4v) is 2.00. The van der Waals surface area contributed by atoms with Gasteiger partial charge in [-0.25, -0.2) is 0 Å². The standard InChI is InChI=1S/C12H12F3NO/c1-2-9-7-11(17)16(9)10-5-3-8(4-6-10)12(13,14)15/h3-6,9H,2,7H2,1H3/p+1/t9-/m1/s1. The molecular weight excluding hydrogens is 231 g/mol. The second-order valence-corrected chi connectivity index (χ2v) is 4.10. The summed E-state index contributed by atoms with van der Waals surface area (Å²) < 4.78 is 38.8. The molecule has 1 heterocycles. The first kappa shape index (κ1) is 12.0. The van der Waals surface area contributed by atoms with Gasteiger partial charge in [0, 0.05) is 18.6 Å². The van der Waals surface area contributed by atoms with Gasteiger partial charge in [-0.3, -0.25) is 0 Å². The summed E-state index contributed by atoms with van der Waals surface area (Å²) in [6, 6.07) is 5.04. The van der Waals surface area contributed by atoms with Gasteiger partial charge >= 0.3 is 12.1 Å². The molecule has 1 aromatic carbocycles. The number of alkyl halides is 3. The minimum atomic E-state index is -4.32. The van der Waals surface area contributed by atoms with E-state index in [4.69, 9.17) is 0 Å². The van der Waals surface area contributed by atoms with Crippen molar-refractivity contribution in [1.29, 1.82) is 0 Å². The molecule has 0 aliphatic carbocycles. The highest BCUT2D eigenvalue weighted by Crippen LogP contribution is 2.32. The third kappa shape index (κ3) is 2.14. The predicted octanol–water partition coefficient (Wildman–Crippen LogP) is 3.49. The molecule has 2 nitrogen and oxygen atoms in total. The minimum Gasteiger partial charge on any atom is -0.463 e. The maximum atomic E-state index is 12.4. The Bertz CT molecular complexity index is 448. The van der Waals surface area contributed by atoms with Crippen LogP contribution in [0.2, 0.25) is 0 Å². The molecule has 17 heavy (non-hydrogen) atoms. The van der Waals surface area contributed by atoms with E-state index in [2.05, 4.69) is 0 Å². The Labute approximate surface area is 97.0 Å². The van der Waals surface area contributed by atoms with Gasteiger partial charge in [0.15, 0.2) is 6.04 Å². The number of benzene rings is 1. The van der Waals surface area contributed by atoms with Crippen LogP contribution in [0, 0.1) is 0 Å². The fourth-order valence-electron chi connectivity index (χ4n) is 2.00. The highest BCUT2D eigenvalue weighted by Gasteiger charge is 2.39. The van der Waals surface area contributed by atoms with Crippen LogP contribution in [0.25, 0.3) is 0 Å². The van der Waals surface area contributed by atoms with Crippen molar-refractivity contribution in [3.05, 3.63) is 29.8 Å². The van der Waals surface area contributed by atoms with Crippen molar-refractivity contribution in [2.45, 2.75) is 32.0 Å². The molecule has 1 N–H and O–H groups in total. The molecule has 2 rings (SSSR count). The van der Waals surface area contributed by atoms with Crippen LogP contribution in [0.3, 0.4) is 0 Å². The van der Waals surface area contributed by atoms with Gasteiger partial charge in [-0.15, -0.1) is 0 Å². The largest absolute Gasteiger partial charge is 0.463 e. The highest BCUT2D eigenvalue weighted by molar-refractivity contribution is 5.74. The lowest BCUT2D eigenvalue weighted by molar-refractivity contribution is -0.525. The molecular formula is C12H13F3NO+. The minimum absolute atomic E-state index is 0.187. The summed E-state index contributed by atoms with van der Waals surface area (Å²) in [6.07, 6.45) is -2.87. The Balaban J connectivity index is 2.28. The summed E-state index contributed by atoms with van der Waals surface area (Å²) in [7, 11) is 0. The van der Waals surface area contributed by atoms with Crippen LogP contribution in [0.15, 0.2) is 24.3 Å². The number of nitrogens with zero attached hydrogens (tertiary/aromatic N) is 1. The van der Waals surface area contributed by atoms with E-state index in [1.807, 2.05) is 6.92 Å². The van der Waals surface area contributed by atoms with Crippen molar-refractivity contribution in [1.82, 2.24) is 0 Å². The second kappa shape index (κ2) is 4.05. The summed E-state index contributed by atoms with van der Waals surface area (Å²) in [5.41, 5.74) is -0.0667.